The fraction of sp³-hybridized carbons (Fsp3) is 0.273. The molecule has 0 unspecified atom stereocenters. The number of nitrogens with zero attached hydrogens (tertiary/aromatic N) is 4. The van der Waals surface area contributed by atoms with Crippen LogP contribution in [-0.4, -0.2) is 26.1 Å². The summed E-state index contributed by atoms with van der Waals surface area (Å²) in [6.45, 7) is 1.99. The van der Waals surface area contributed by atoms with E-state index in [0.29, 0.717) is 6.61 Å². The summed E-state index contributed by atoms with van der Waals surface area (Å²) >= 11 is 0. The molecule has 1 aromatic heterocycles. The van der Waals surface area contributed by atoms with Gasteiger partial charge in [0.05, 0.1) is 6.61 Å². The molecule has 0 fully saturated rings. The number of hydroxylamine groups is 1. The molecule has 1 atom stereocenters. The molecule has 0 spiro atoms. The number of tetrazole rings is 1. The smallest absolute Gasteiger partial charge is 0.268 e. The van der Waals surface area contributed by atoms with Crippen LogP contribution in [0.5, 0.6) is 0 Å². The lowest BCUT2D eigenvalue weighted by Crippen LogP contribution is -2.31. The first-order valence-electron chi connectivity index (χ1n) is 5.45. The van der Waals surface area contributed by atoms with Crippen molar-refractivity contribution in [2.75, 3.05) is 0 Å². The summed E-state index contributed by atoms with van der Waals surface area (Å²) in [6.07, 6.45) is 1.38. The second-order valence-electron chi connectivity index (χ2n) is 3.71. The average Bonchev–Trinajstić information content (AvgIpc) is 2.93. The number of rotatable bonds is 5. The summed E-state index contributed by atoms with van der Waals surface area (Å²) in [7, 11) is 0. The summed E-state index contributed by atoms with van der Waals surface area (Å²) in [6, 6.07) is 9.04. The van der Waals surface area contributed by atoms with Crippen LogP contribution in [0.2, 0.25) is 0 Å². The number of nitrogens with one attached hydrogen (secondary N) is 1. The van der Waals surface area contributed by atoms with Gasteiger partial charge in [0.2, 0.25) is 0 Å². The third-order valence-corrected chi connectivity index (χ3v) is 2.40. The molecule has 7 heteroatoms. The van der Waals surface area contributed by atoms with Gasteiger partial charge in [-0.2, -0.15) is 0 Å². The molecule has 0 bridgehead atoms. The number of benzene rings is 1. The second kappa shape index (κ2) is 5.87. The number of amides is 1. The summed E-state index contributed by atoms with van der Waals surface area (Å²) in [5.74, 6) is -0.307. The van der Waals surface area contributed by atoms with Crippen LogP contribution in [0.25, 0.3) is 0 Å². The Balaban J connectivity index is 1.79. The Bertz CT molecular complexity index is 485. The first kappa shape index (κ1) is 12.2. The zero-order valence-electron chi connectivity index (χ0n) is 9.85. The number of aromatic nitrogens is 4. The average molecular weight is 247 g/mol. The van der Waals surface area contributed by atoms with Crippen LogP contribution in [-0.2, 0) is 16.2 Å². The van der Waals surface area contributed by atoms with Crippen molar-refractivity contribution in [3.05, 3.63) is 42.2 Å². The van der Waals surface area contributed by atoms with Crippen LogP contribution in [0.1, 0.15) is 18.5 Å². The van der Waals surface area contributed by atoms with E-state index in [9.17, 15) is 4.79 Å². The van der Waals surface area contributed by atoms with Crippen LogP contribution in [0.3, 0.4) is 0 Å². The maximum Gasteiger partial charge on any atom is 0.268 e. The minimum absolute atomic E-state index is 0.307. The lowest BCUT2D eigenvalue weighted by atomic mass is 10.2. The van der Waals surface area contributed by atoms with Gasteiger partial charge >= 0.3 is 0 Å². The van der Waals surface area contributed by atoms with Gasteiger partial charge in [-0.3, -0.25) is 9.63 Å². The van der Waals surface area contributed by atoms with E-state index in [2.05, 4.69) is 21.0 Å². The van der Waals surface area contributed by atoms with Crippen LogP contribution < -0.4 is 5.48 Å². The molecule has 2 rings (SSSR count). The van der Waals surface area contributed by atoms with E-state index < -0.39 is 6.04 Å². The van der Waals surface area contributed by atoms with Crippen LogP contribution in [0.4, 0.5) is 0 Å². The van der Waals surface area contributed by atoms with Crippen LogP contribution >= 0.6 is 0 Å². The van der Waals surface area contributed by atoms with E-state index in [0.717, 1.165) is 5.56 Å². The Morgan fingerprint density at radius 3 is 2.89 bits per heavy atom. The summed E-state index contributed by atoms with van der Waals surface area (Å²) in [5.41, 5.74) is 3.34. The molecule has 1 amide bonds. The molecular formula is C11H13N5O2. The highest BCUT2D eigenvalue weighted by molar-refractivity contribution is 5.78. The summed E-state index contributed by atoms with van der Waals surface area (Å²) in [5, 5.41) is 10.6. The molecule has 0 radical (unpaired) electrons. The predicted octanol–water partition coefficient (Wildman–Crippen LogP) is 0.482. The van der Waals surface area contributed by atoms with Crippen LogP contribution in [0.15, 0.2) is 36.7 Å². The number of carbonyl (C=O) groups is 1. The van der Waals surface area contributed by atoms with E-state index in [1.807, 2.05) is 30.3 Å². The zero-order chi connectivity index (χ0) is 12.8. The first-order chi connectivity index (χ1) is 8.77. The van der Waals surface area contributed by atoms with Gasteiger partial charge < -0.3 is 0 Å². The topological polar surface area (TPSA) is 81.9 Å². The highest BCUT2D eigenvalue weighted by Gasteiger charge is 2.15. The molecule has 94 valence electrons. The largest absolute Gasteiger partial charge is 0.270 e. The molecule has 0 aliphatic rings. The van der Waals surface area contributed by atoms with E-state index in [1.54, 1.807) is 6.92 Å². The Morgan fingerprint density at radius 2 is 2.22 bits per heavy atom. The van der Waals surface area contributed by atoms with Crippen molar-refractivity contribution in [3.63, 3.8) is 0 Å². The maximum atomic E-state index is 11.7. The molecule has 18 heavy (non-hydrogen) atoms. The van der Waals surface area contributed by atoms with E-state index in [4.69, 9.17) is 4.84 Å². The van der Waals surface area contributed by atoms with Gasteiger partial charge in [-0.25, -0.2) is 10.2 Å². The molecular weight excluding hydrogens is 234 g/mol. The van der Waals surface area contributed by atoms with Gasteiger partial charge in [0.15, 0.2) is 0 Å². The molecule has 2 aromatic rings. The molecule has 0 aliphatic heterocycles. The number of hydrogen-bond acceptors (Lipinski definition) is 5. The first-order valence-corrected chi connectivity index (χ1v) is 5.45. The molecule has 7 nitrogen and oxygen atoms in total. The fourth-order valence-corrected chi connectivity index (χ4v) is 1.32. The lowest BCUT2D eigenvalue weighted by Gasteiger charge is -2.11. The highest BCUT2D eigenvalue weighted by atomic mass is 16.6. The predicted molar refractivity (Wildman–Crippen MR) is 61.9 cm³/mol. The Labute approximate surface area is 104 Å². The third kappa shape index (κ3) is 3.11. The quantitative estimate of drug-likeness (QED) is 0.777. The van der Waals surface area contributed by atoms with E-state index in [-0.39, 0.29) is 5.91 Å². The SMILES string of the molecule is C[C@@H](C(=O)NOCc1ccccc1)n1cnnn1. The lowest BCUT2D eigenvalue weighted by molar-refractivity contribution is -0.137. The fourth-order valence-electron chi connectivity index (χ4n) is 1.32. The highest BCUT2D eigenvalue weighted by Crippen LogP contribution is 2.02. The minimum atomic E-state index is -0.518. The van der Waals surface area contributed by atoms with Crippen molar-refractivity contribution >= 4 is 5.91 Å². The molecule has 0 aliphatic carbocycles. The number of carbonyl (C=O) groups excluding carboxylic acids is 1. The van der Waals surface area contributed by atoms with Crippen LogP contribution in [0, 0.1) is 0 Å². The Morgan fingerprint density at radius 1 is 1.44 bits per heavy atom. The van der Waals surface area contributed by atoms with Gasteiger partial charge in [0.1, 0.15) is 12.4 Å². The number of hydrogen-bond donors (Lipinski definition) is 1. The monoisotopic (exact) mass is 247 g/mol. The van der Waals surface area contributed by atoms with E-state index >= 15 is 0 Å². The normalized spacial score (nSPS) is 12.1. The molecule has 1 N–H and O–H groups in total. The zero-order valence-corrected chi connectivity index (χ0v) is 9.85. The van der Waals surface area contributed by atoms with Crippen molar-refractivity contribution in [3.8, 4) is 0 Å². The Kier molecular flexibility index (Phi) is 3.98. The van der Waals surface area contributed by atoms with Gasteiger partial charge in [-0.05, 0) is 22.9 Å². The van der Waals surface area contributed by atoms with Crippen molar-refractivity contribution < 1.29 is 9.63 Å². The molecule has 1 aromatic carbocycles. The summed E-state index contributed by atoms with van der Waals surface area (Å²) < 4.78 is 1.35. The van der Waals surface area contributed by atoms with Gasteiger partial charge in [-0.1, -0.05) is 30.3 Å². The third-order valence-electron chi connectivity index (χ3n) is 2.40. The molecule has 1 heterocycles. The van der Waals surface area contributed by atoms with Crippen molar-refractivity contribution in [2.24, 2.45) is 0 Å². The Hall–Kier alpha value is -2.28. The van der Waals surface area contributed by atoms with Gasteiger partial charge in [0.25, 0.3) is 5.91 Å². The van der Waals surface area contributed by atoms with E-state index in [1.165, 1.54) is 11.0 Å². The van der Waals surface area contributed by atoms with Crippen molar-refractivity contribution in [2.45, 2.75) is 19.6 Å². The van der Waals surface area contributed by atoms with Crippen molar-refractivity contribution in [1.82, 2.24) is 25.7 Å². The van der Waals surface area contributed by atoms with Gasteiger partial charge in [0, 0.05) is 0 Å². The van der Waals surface area contributed by atoms with Crippen molar-refractivity contribution in [1.29, 1.82) is 0 Å². The summed E-state index contributed by atoms with van der Waals surface area (Å²) in [4.78, 5) is 16.8. The minimum Gasteiger partial charge on any atom is -0.270 e. The molecule has 0 saturated carbocycles. The molecule has 0 saturated heterocycles. The second-order valence-corrected chi connectivity index (χ2v) is 3.71. The maximum absolute atomic E-state index is 11.7. The van der Waals surface area contributed by atoms with Gasteiger partial charge in [-0.15, -0.1) is 5.10 Å². The standard InChI is InChI=1S/C11H13N5O2/c1-9(16-8-12-14-15-16)11(17)13-18-7-10-5-3-2-4-6-10/h2-6,8-9H,7H2,1H3,(H,13,17)/t9-/m0/s1.